The Bertz CT molecular complexity index is 991. The lowest BCUT2D eigenvalue weighted by Crippen LogP contribution is -2.17. The molecule has 0 saturated carbocycles. The third-order valence-corrected chi connectivity index (χ3v) is 6.24. The van der Waals surface area contributed by atoms with Gasteiger partial charge in [-0.3, -0.25) is 5.41 Å². The second-order valence-electron chi connectivity index (χ2n) is 8.54. The predicted molar refractivity (Wildman–Crippen MR) is 147 cm³/mol. The normalized spacial score (nSPS) is 10.6. The first-order valence-electron chi connectivity index (χ1n) is 10.9. The van der Waals surface area contributed by atoms with Crippen LogP contribution in [-0.2, 0) is 13.0 Å². The van der Waals surface area contributed by atoms with Gasteiger partial charge in [0.25, 0.3) is 0 Å². The summed E-state index contributed by atoms with van der Waals surface area (Å²) >= 11 is 1.56. The molecule has 3 rings (SSSR count). The monoisotopic (exact) mass is 507 g/mol. The Balaban J connectivity index is 0.00000272. The summed E-state index contributed by atoms with van der Waals surface area (Å²) in [6.07, 6.45) is 0.917. The number of hydrogen-bond acceptors (Lipinski definition) is 4. The third-order valence-electron chi connectivity index (χ3n) is 5.36. The van der Waals surface area contributed by atoms with E-state index >= 15 is 0 Å². The van der Waals surface area contributed by atoms with Crippen LogP contribution in [0.25, 0.3) is 0 Å². The van der Waals surface area contributed by atoms with E-state index in [1.165, 1.54) is 11.1 Å². The molecule has 1 aromatic heterocycles. The van der Waals surface area contributed by atoms with Crippen molar-refractivity contribution in [3.8, 4) is 5.75 Å². The van der Waals surface area contributed by atoms with Gasteiger partial charge in [-0.05, 0) is 70.6 Å². The molecule has 0 radical (unpaired) electrons. The van der Waals surface area contributed by atoms with Crippen LogP contribution in [0, 0.1) is 5.41 Å². The van der Waals surface area contributed by atoms with Crippen LogP contribution in [0.15, 0.2) is 53.9 Å². The number of benzene rings is 2. The molecule has 0 bridgehead atoms. The molecule has 0 spiro atoms. The zero-order valence-electron chi connectivity index (χ0n) is 19.6. The Hall–Kier alpha value is -2.05. The Labute approximate surface area is 214 Å². The van der Waals surface area contributed by atoms with Crippen LogP contribution >= 0.6 is 36.2 Å². The molecule has 4 N–H and O–H groups in total. The predicted octanol–water partition coefficient (Wildman–Crippen LogP) is 7.31. The van der Waals surface area contributed by atoms with Crippen LogP contribution in [0.1, 0.15) is 66.7 Å². The van der Waals surface area contributed by atoms with E-state index in [9.17, 15) is 5.11 Å². The van der Waals surface area contributed by atoms with Gasteiger partial charge in [0.15, 0.2) is 0 Å². The van der Waals surface area contributed by atoms with E-state index in [2.05, 4.69) is 62.6 Å². The average Bonchev–Trinajstić information content (AvgIpc) is 3.27. The van der Waals surface area contributed by atoms with Crippen LogP contribution in [0.5, 0.6) is 5.75 Å². The Kier molecular flexibility index (Phi) is 12.0. The quantitative estimate of drug-likeness (QED) is 0.139. The summed E-state index contributed by atoms with van der Waals surface area (Å²) in [4.78, 5) is 0.930. The standard InChI is InChI=1S/C26H33N3OS.2ClH/c1-17(2)22-14-19(15-23(18(3)4)25(22)30)10-11-28-16-20-7-5-8-21(13-20)29-26(27)24-9-6-12-31-24;;/h5-9,12-15,17-18,28,30H,10-11,16H2,1-4H3,(H2,27,29);2*1H. The fraction of sp³-hybridized carbons (Fsp3) is 0.346. The summed E-state index contributed by atoms with van der Waals surface area (Å²) in [5.74, 6) is 1.48. The maximum absolute atomic E-state index is 10.6. The third kappa shape index (κ3) is 8.04. The lowest BCUT2D eigenvalue weighted by Gasteiger charge is -2.17. The first kappa shape index (κ1) is 29.0. The van der Waals surface area contributed by atoms with Gasteiger partial charge in [-0.2, -0.15) is 0 Å². The zero-order chi connectivity index (χ0) is 22.4. The number of phenolic OH excluding ortho intramolecular Hbond substituents is 1. The Morgan fingerprint density at radius 2 is 1.61 bits per heavy atom. The number of phenols is 1. The molecule has 0 aliphatic heterocycles. The largest absolute Gasteiger partial charge is 0.507 e. The van der Waals surface area contributed by atoms with Crippen molar-refractivity contribution in [1.82, 2.24) is 5.32 Å². The second-order valence-corrected chi connectivity index (χ2v) is 9.48. The minimum absolute atomic E-state index is 0. The number of nitrogens with one attached hydrogen (secondary N) is 3. The molecule has 0 aliphatic carbocycles. The average molecular weight is 509 g/mol. The zero-order valence-corrected chi connectivity index (χ0v) is 22.1. The number of hydrogen-bond donors (Lipinski definition) is 4. The van der Waals surface area contributed by atoms with Crippen molar-refractivity contribution in [3.05, 3.63) is 81.0 Å². The molecular formula is C26H35Cl2N3OS. The van der Waals surface area contributed by atoms with Gasteiger partial charge in [0.1, 0.15) is 11.6 Å². The van der Waals surface area contributed by atoms with E-state index in [0.717, 1.165) is 41.2 Å². The van der Waals surface area contributed by atoms with Gasteiger partial charge in [0.2, 0.25) is 0 Å². The van der Waals surface area contributed by atoms with E-state index in [0.29, 0.717) is 23.4 Å². The molecule has 0 saturated heterocycles. The van der Waals surface area contributed by atoms with Crippen molar-refractivity contribution in [2.24, 2.45) is 0 Å². The minimum atomic E-state index is 0. The molecule has 0 atom stereocenters. The van der Waals surface area contributed by atoms with Crippen molar-refractivity contribution in [1.29, 1.82) is 5.41 Å². The number of anilines is 1. The molecule has 0 amide bonds. The van der Waals surface area contributed by atoms with Crippen LogP contribution in [0.2, 0.25) is 0 Å². The summed E-state index contributed by atoms with van der Waals surface area (Å²) in [5, 5.41) is 27.5. The summed E-state index contributed by atoms with van der Waals surface area (Å²) in [5.41, 5.74) is 5.44. The first-order valence-corrected chi connectivity index (χ1v) is 11.8. The molecule has 4 nitrogen and oxygen atoms in total. The van der Waals surface area contributed by atoms with E-state index in [1.807, 2.05) is 29.6 Å². The topological polar surface area (TPSA) is 68.1 Å². The van der Waals surface area contributed by atoms with E-state index in [1.54, 1.807) is 11.3 Å². The first-order chi connectivity index (χ1) is 14.8. The number of amidine groups is 1. The Morgan fingerprint density at radius 1 is 0.939 bits per heavy atom. The number of thiophene rings is 1. The van der Waals surface area contributed by atoms with Crippen LogP contribution in [-0.4, -0.2) is 17.5 Å². The van der Waals surface area contributed by atoms with Gasteiger partial charge in [-0.25, -0.2) is 0 Å². The van der Waals surface area contributed by atoms with Crippen LogP contribution < -0.4 is 10.6 Å². The molecule has 180 valence electrons. The molecule has 33 heavy (non-hydrogen) atoms. The van der Waals surface area contributed by atoms with E-state index in [4.69, 9.17) is 5.41 Å². The maximum Gasteiger partial charge on any atom is 0.140 e. The lowest BCUT2D eigenvalue weighted by molar-refractivity contribution is 0.454. The maximum atomic E-state index is 10.6. The highest BCUT2D eigenvalue weighted by Gasteiger charge is 2.15. The van der Waals surface area contributed by atoms with E-state index in [-0.39, 0.29) is 24.8 Å². The van der Waals surface area contributed by atoms with Crippen molar-refractivity contribution in [2.45, 2.75) is 52.5 Å². The molecule has 1 heterocycles. The van der Waals surface area contributed by atoms with Crippen molar-refractivity contribution in [3.63, 3.8) is 0 Å². The van der Waals surface area contributed by atoms with Gasteiger partial charge in [0.05, 0.1) is 4.88 Å². The van der Waals surface area contributed by atoms with Crippen molar-refractivity contribution < 1.29 is 5.11 Å². The molecule has 2 aromatic carbocycles. The second kappa shape index (κ2) is 13.6. The van der Waals surface area contributed by atoms with Crippen molar-refractivity contribution >= 4 is 47.7 Å². The van der Waals surface area contributed by atoms with Crippen molar-refractivity contribution in [2.75, 3.05) is 11.9 Å². The summed E-state index contributed by atoms with van der Waals surface area (Å²) in [7, 11) is 0. The highest BCUT2D eigenvalue weighted by Crippen LogP contribution is 2.34. The lowest BCUT2D eigenvalue weighted by atomic mass is 9.91. The number of rotatable bonds is 9. The van der Waals surface area contributed by atoms with Crippen LogP contribution in [0.3, 0.4) is 0 Å². The molecule has 7 heteroatoms. The Morgan fingerprint density at radius 3 is 2.18 bits per heavy atom. The SMILES string of the molecule is CC(C)c1cc(CCNCc2cccc(NC(=N)c3cccs3)c2)cc(C(C)C)c1O.Cl.Cl. The van der Waals surface area contributed by atoms with E-state index < -0.39 is 0 Å². The minimum Gasteiger partial charge on any atom is -0.507 e. The summed E-state index contributed by atoms with van der Waals surface area (Å²) in [6, 6.07) is 16.4. The van der Waals surface area contributed by atoms with Gasteiger partial charge < -0.3 is 15.7 Å². The fourth-order valence-electron chi connectivity index (χ4n) is 3.62. The fourth-order valence-corrected chi connectivity index (χ4v) is 4.25. The van der Waals surface area contributed by atoms with Gasteiger partial charge >= 0.3 is 0 Å². The van der Waals surface area contributed by atoms with Gasteiger partial charge in [-0.15, -0.1) is 36.2 Å². The highest BCUT2D eigenvalue weighted by molar-refractivity contribution is 7.12. The number of halogens is 2. The number of aromatic hydroxyl groups is 1. The smallest absolute Gasteiger partial charge is 0.140 e. The van der Waals surface area contributed by atoms with Crippen LogP contribution in [0.4, 0.5) is 5.69 Å². The molecule has 0 fully saturated rings. The molecule has 3 aromatic rings. The summed E-state index contributed by atoms with van der Waals surface area (Å²) < 4.78 is 0. The highest BCUT2D eigenvalue weighted by atomic mass is 35.5. The summed E-state index contributed by atoms with van der Waals surface area (Å²) in [6.45, 7) is 10.1. The van der Waals surface area contributed by atoms with Gasteiger partial charge in [0, 0.05) is 12.2 Å². The molecule has 0 aliphatic rings. The molecular weight excluding hydrogens is 473 g/mol. The molecule has 0 unspecified atom stereocenters. The van der Waals surface area contributed by atoms with Gasteiger partial charge in [-0.1, -0.05) is 58.0 Å².